The smallest absolute Gasteiger partial charge is 0.166 e. The van der Waals surface area contributed by atoms with Gasteiger partial charge in [-0.3, -0.25) is 14.6 Å². The van der Waals surface area contributed by atoms with Crippen LogP contribution < -0.4 is 5.32 Å². The van der Waals surface area contributed by atoms with Crippen LogP contribution in [-0.4, -0.2) is 22.2 Å². The lowest BCUT2D eigenvalue weighted by atomic mass is 10.0. The van der Waals surface area contributed by atoms with E-state index in [2.05, 4.69) is 10.3 Å². The summed E-state index contributed by atoms with van der Waals surface area (Å²) in [5, 5.41) is 13.7. The molecule has 0 unspecified atom stereocenters. The summed E-state index contributed by atoms with van der Waals surface area (Å²) in [6, 6.07) is 10.3. The normalized spacial score (nSPS) is 10.7. The van der Waals surface area contributed by atoms with Crippen LogP contribution in [0.3, 0.4) is 0 Å². The van der Waals surface area contributed by atoms with Crippen LogP contribution in [0.15, 0.2) is 42.6 Å². The van der Waals surface area contributed by atoms with Gasteiger partial charge in [0.05, 0.1) is 16.8 Å². The second kappa shape index (κ2) is 7.35. The molecular weight excluding hydrogens is 328 g/mol. The molecule has 0 saturated heterocycles. The number of carbonyl (C=O) groups is 2. The Labute approximate surface area is 151 Å². The number of aldehydes is 1. The van der Waals surface area contributed by atoms with E-state index in [4.69, 9.17) is 0 Å². The number of hydrogen-bond donors (Lipinski definition) is 2. The number of pyridine rings is 1. The number of Topliss-reactive ketones (excluding diaryl/α,β-unsaturated/α-hetero) is 1. The highest BCUT2D eigenvalue weighted by atomic mass is 16.3. The minimum atomic E-state index is -0.00247. The summed E-state index contributed by atoms with van der Waals surface area (Å²) in [6.07, 6.45) is 3.45. The van der Waals surface area contributed by atoms with Crippen molar-refractivity contribution in [3.8, 4) is 5.75 Å². The number of fused-ring (bicyclic) bond motifs is 1. The van der Waals surface area contributed by atoms with E-state index < -0.39 is 0 Å². The van der Waals surface area contributed by atoms with E-state index in [9.17, 15) is 14.7 Å². The second-order valence-electron chi connectivity index (χ2n) is 6.21. The van der Waals surface area contributed by atoms with Gasteiger partial charge in [-0.2, -0.15) is 0 Å². The first-order valence-corrected chi connectivity index (χ1v) is 8.52. The number of rotatable bonds is 6. The zero-order valence-electron chi connectivity index (χ0n) is 14.7. The molecule has 0 aliphatic rings. The Kier molecular flexibility index (Phi) is 4.98. The summed E-state index contributed by atoms with van der Waals surface area (Å²) in [5.41, 5.74) is 3.77. The van der Waals surface area contributed by atoms with Crippen molar-refractivity contribution in [2.45, 2.75) is 26.7 Å². The minimum Gasteiger partial charge on any atom is -0.508 e. The lowest BCUT2D eigenvalue weighted by Crippen LogP contribution is -2.07. The van der Waals surface area contributed by atoms with Crippen LogP contribution in [0.4, 0.5) is 11.4 Å². The molecule has 0 aliphatic heterocycles. The van der Waals surface area contributed by atoms with E-state index in [1.54, 1.807) is 30.3 Å². The minimum absolute atomic E-state index is 0.00247. The highest BCUT2D eigenvalue weighted by Gasteiger charge is 2.17. The highest BCUT2D eigenvalue weighted by Crippen LogP contribution is 2.33. The molecule has 5 nitrogen and oxygen atoms in total. The van der Waals surface area contributed by atoms with Crippen LogP contribution in [0.25, 0.3) is 10.9 Å². The number of ketones is 1. The van der Waals surface area contributed by atoms with Crippen LogP contribution in [0, 0.1) is 6.92 Å². The summed E-state index contributed by atoms with van der Waals surface area (Å²) < 4.78 is 0. The maximum Gasteiger partial charge on any atom is 0.166 e. The maximum atomic E-state index is 12.6. The van der Waals surface area contributed by atoms with Gasteiger partial charge in [0.25, 0.3) is 0 Å². The maximum absolute atomic E-state index is 12.6. The van der Waals surface area contributed by atoms with Gasteiger partial charge >= 0.3 is 0 Å². The molecule has 3 aromatic rings. The molecule has 1 aromatic heterocycles. The van der Waals surface area contributed by atoms with Gasteiger partial charge < -0.3 is 10.4 Å². The highest BCUT2D eigenvalue weighted by molar-refractivity contribution is 6.11. The van der Waals surface area contributed by atoms with Crippen molar-refractivity contribution in [3.63, 3.8) is 0 Å². The number of nitrogens with one attached hydrogen (secondary N) is 1. The zero-order chi connectivity index (χ0) is 18.7. The van der Waals surface area contributed by atoms with Crippen molar-refractivity contribution in [1.82, 2.24) is 4.98 Å². The third-order valence-corrected chi connectivity index (χ3v) is 4.30. The van der Waals surface area contributed by atoms with Gasteiger partial charge in [-0.05, 0) is 43.2 Å². The molecule has 5 heteroatoms. The molecule has 132 valence electrons. The fraction of sp³-hybridized carbons (Fsp3) is 0.190. The number of nitrogens with zero attached hydrogens (tertiary/aromatic N) is 1. The van der Waals surface area contributed by atoms with Crippen LogP contribution >= 0.6 is 0 Å². The molecule has 0 fully saturated rings. The van der Waals surface area contributed by atoms with E-state index in [0.717, 1.165) is 24.0 Å². The van der Waals surface area contributed by atoms with Crippen molar-refractivity contribution in [1.29, 1.82) is 0 Å². The van der Waals surface area contributed by atoms with E-state index >= 15 is 0 Å². The molecule has 0 radical (unpaired) electrons. The Hall–Kier alpha value is -3.21. The van der Waals surface area contributed by atoms with Crippen LogP contribution in [0.1, 0.15) is 46.0 Å². The van der Waals surface area contributed by atoms with Gasteiger partial charge in [0, 0.05) is 29.3 Å². The van der Waals surface area contributed by atoms with Gasteiger partial charge in [-0.15, -0.1) is 0 Å². The molecule has 0 aliphatic carbocycles. The average Bonchev–Trinajstić information content (AvgIpc) is 2.63. The number of carbonyl (C=O) groups excluding carboxylic acids is 2. The van der Waals surface area contributed by atoms with Gasteiger partial charge in [0.15, 0.2) is 12.1 Å². The van der Waals surface area contributed by atoms with Crippen molar-refractivity contribution in [2.24, 2.45) is 0 Å². The third-order valence-electron chi connectivity index (χ3n) is 4.30. The van der Waals surface area contributed by atoms with E-state index in [-0.39, 0.29) is 11.5 Å². The quantitative estimate of drug-likeness (QED) is 0.380. The van der Waals surface area contributed by atoms with Crippen molar-refractivity contribution in [3.05, 3.63) is 59.3 Å². The van der Waals surface area contributed by atoms with Gasteiger partial charge in [0.1, 0.15) is 5.75 Å². The summed E-state index contributed by atoms with van der Waals surface area (Å²) in [6.45, 7) is 3.82. The molecule has 0 amide bonds. The Morgan fingerprint density at radius 3 is 2.77 bits per heavy atom. The molecule has 26 heavy (non-hydrogen) atoms. The molecule has 0 bridgehead atoms. The summed E-state index contributed by atoms with van der Waals surface area (Å²) in [5.74, 6) is 0.176. The van der Waals surface area contributed by atoms with Gasteiger partial charge in [0.2, 0.25) is 0 Å². The monoisotopic (exact) mass is 348 g/mol. The molecule has 2 aromatic carbocycles. The fourth-order valence-corrected chi connectivity index (χ4v) is 2.97. The molecule has 0 saturated carbocycles. The predicted molar refractivity (Wildman–Crippen MR) is 102 cm³/mol. The molecule has 0 spiro atoms. The topological polar surface area (TPSA) is 79.3 Å². The Morgan fingerprint density at radius 2 is 2.08 bits per heavy atom. The summed E-state index contributed by atoms with van der Waals surface area (Å²) in [7, 11) is 0. The number of aromatic hydroxyl groups is 1. The van der Waals surface area contributed by atoms with Crippen molar-refractivity contribution in [2.75, 3.05) is 5.32 Å². The number of para-hydroxylation sites is 1. The van der Waals surface area contributed by atoms with E-state index in [0.29, 0.717) is 34.1 Å². The number of hydrogen-bond acceptors (Lipinski definition) is 5. The van der Waals surface area contributed by atoms with Gasteiger partial charge in [-0.1, -0.05) is 19.1 Å². The SMILES string of the molecule is CCCC(=O)c1cnc2c(C=O)cccc2c1Nc1ccc(O)cc1C. The molecule has 3 rings (SSSR count). The second-order valence-corrected chi connectivity index (χ2v) is 6.21. The number of anilines is 2. The number of phenols is 1. The van der Waals surface area contributed by atoms with Crippen LogP contribution in [0.5, 0.6) is 5.75 Å². The van der Waals surface area contributed by atoms with Gasteiger partial charge in [-0.25, -0.2) is 0 Å². The fourth-order valence-electron chi connectivity index (χ4n) is 2.97. The number of phenolic OH excluding ortho intramolecular Hbond substituents is 1. The van der Waals surface area contributed by atoms with Crippen LogP contribution in [0.2, 0.25) is 0 Å². The first-order valence-electron chi connectivity index (χ1n) is 8.52. The number of aromatic nitrogens is 1. The molecule has 2 N–H and O–H groups in total. The third kappa shape index (κ3) is 3.28. The lowest BCUT2D eigenvalue weighted by Gasteiger charge is -2.16. The summed E-state index contributed by atoms with van der Waals surface area (Å²) >= 11 is 0. The van der Waals surface area contributed by atoms with Crippen molar-refractivity contribution < 1.29 is 14.7 Å². The first-order chi connectivity index (χ1) is 12.5. The summed E-state index contributed by atoms with van der Waals surface area (Å²) in [4.78, 5) is 28.3. The zero-order valence-corrected chi connectivity index (χ0v) is 14.7. The van der Waals surface area contributed by atoms with E-state index in [1.807, 2.05) is 19.9 Å². The van der Waals surface area contributed by atoms with Crippen molar-refractivity contribution >= 4 is 34.3 Å². The Balaban J connectivity index is 2.22. The molecule has 1 heterocycles. The predicted octanol–water partition coefficient (Wildman–Crippen LogP) is 4.79. The average molecular weight is 348 g/mol. The van der Waals surface area contributed by atoms with E-state index in [1.165, 1.54) is 6.20 Å². The lowest BCUT2D eigenvalue weighted by molar-refractivity contribution is 0.0982. The Morgan fingerprint density at radius 1 is 1.27 bits per heavy atom. The number of benzene rings is 2. The first kappa shape index (κ1) is 17.6. The van der Waals surface area contributed by atoms with Crippen LogP contribution in [-0.2, 0) is 0 Å². The standard InChI is InChI=1S/C21H20N2O3/c1-3-5-19(26)17-11-22-20-14(12-24)6-4-7-16(20)21(17)23-18-9-8-15(25)10-13(18)2/h4,6-12,25H,3,5H2,1-2H3,(H,22,23). The largest absolute Gasteiger partial charge is 0.508 e. The molecule has 0 atom stereocenters. The molecular formula is C21H20N2O3. The number of aryl methyl sites for hydroxylation is 1. The Bertz CT molecular complexity index is 996.